The third-order valence-corrected chi connectivity index (χ3v) is 4.49. The Morgan fingerprint density at radius 1 is 1.40 bits per heavy atom. The molecule has 1 aliphatic carbocycles. The Morgan fingerprint density at radius 3 is 2.73 bits per heavy atom. The van der Waals surface area contributed by atoms with Crippen LogP contribution in [0.2, 0.25) is 0 Å². The van der Waals surface area contributed by atoms with E-state index >= 15 is 0 Å². The summed E-state index contributed by atoms with van der Waals surface area (Å²) < 4.78 is 0. The molecule has 0 aromatic rings. The summed E-state index contributed by atoms with van der Waals surface area (Å²) in [5, 5.41) is 7.10. The first-order valence-corrected chi connectivity index (χ1v) is 6.64. The second-order valence-electron chi connectivity index (χ2n) is 5.84. The van der Waals surface area contributed by atoms with E-state index in [2.05, 4.69) is 24.5 Å². The average molecular weight is 210 g/mol. The maximum atomic E-state index is 3.67. The fourth-order valence-electron chi connectivity index (χ4n) is 2.72. The van der Waals surface area contributed by atoms with Crippen molar-refractivity contribution in [3.8, 4) is 0 Å². The molecule has 1 saturated carbocycles. The van der Waals surface area contributed by atoms with Crippen molar-refractivity contribution >= 4 is 0 Å². The second kappa shape index (κ2) is 4.84. The molecule has 2 nitrogen and oxygen atoms in total. The summed E-state index contributed by atoms with van der Waals surface area (Å²) in [4.78, 5) is 0. The lowest BCUT2D eigenvalue weighted by molar-refractivity contribution is 0.333. The van der Waals surface area contributed by atoms with Crippen LogP contribution in [-0.4, -0.2) is 26.2 Å². The van der Waals surface area contributed by atoms with E-state index in [0.29, 0.717) is 5.41 Å². The van der Waals surface area contributed by atoms with Gasteiger partial charge in [0.25, 0.3) is 0 Å². The SMILES string of the molecule is CC(C)C1(CNCCC2CCNC2)CC1. The highest BCUT2D eigenvalue weighted by atomic mass is 14.9. The predicted octanol–water partition coefficient (Wildman–Crippen LogP) is 2.01. The molecule has 0 spiro atoms. The Balaban J connectivity index is 1.55. The maximum Gasteiger partial charge on any atom is 0.00103 e. The first-order chi connectivity index (χ1) is 7.23. The summed E-state index contributed by atoms with van der Waals surface area (Å²) in [6.45, 7) is 9.70. The normalized spacial score (nSPS) is 28.6. The molecule has 2 N–H and O–H groups in total. The first-order valence-electron chi connectivity index (χ1n) is 6.64. The van der Waals surface area contributed by atoms with Crippen molar-refractivity contribution in [1.82, 2.24) is 10.6 Å². The Morgan fingerprint density at radius 2 is 2.20 bits per heavy atom. The summed E-state index contributed by atoms with van der Waals surface area (Å²) >= 11 is 0. The summed E-state index contributed by atoms with van der Waals surface area (Å²) in [6.07, 6.45) is 5.64. The van der Waals surface area contributed by atoms with Gasteiger partial charge in [0.2, 0.25) is 0 Å². The van der Waals surface area contributed by atoms with Crippen molar-refractivity contribution in [3.63, 3.8) is 0 Å². The molecule has 1 aliphatic heterocycles. The van der Waals surface area contributed by atoms with E-state index in [9.17, 15) is 0 Å². The fourth-order valence-corrected chi connectivity index (χ4v) is 2.72. The van der Waals surface area contributed by atoms with Crippen LogP contribution in [0.15, 0.2) is 0 Å². The molecule has 1 saturated heterocycles. The molecule has 1 heterocycles. The van der Waals surface area contributed by atoms with E-state index in [-0.39, 0.29) is 0 Å². The fraction of sp³-hybridized carbons (Fsp3) is 1.00. The third-order valence-electron chi connectivity index (χ3n) is 4.49. The molecule has 88 valence electrons. The minimum atomic E-state index is 0.675. The lowest BCUT2D eigenvalue weighted by Crippen LogP contribution is -2.29. The summed E-state index contributed by atoms with van der Waals surface area (Å²) in [6, 6.07) is 0. The zero-order valence-corrected chi connectivity index (χ0v) is 10.3. The van der Waals surface area contributed by atoms with Crippen molar-refractivity contribution in [2.24, 2.45) is 17.3 Å². The van der Waals surface area contributed by atoms with Crippen molar-refractivity contribution in [3.05, 3.63) is 0 Å². The van der Waals surface area contributed by atoms with Crippen molar-refractivity contribution in [1.29, 1.82) is 0 Å². The van der Waals surface area contributed by atoms with Crippen LogP contribution in [0, 0.1) is 17.3 Å². The van der Waals surface area contributed by atoms with Gasteiger partial charge in [0.15, 0.2) is 0 Å². The van der Waals surface area contributed by atoms with Gasteiger partial charge in [0.1, 0.15) is 0 Å². The molecule has 1 unspecified atom stereocenters. The maximum absolute atomic E-state index is 3.67. The van der Waals surface area contributed by atoms with E-state index in [1.807, 2.05) is 0 Å². The van der Waals surface area contributed by atoms with Gasteiger partial charge in [0.05, 0.1) is 0 Å². The largest absolute Gasteiger partial charge is 0.316 e. The van der Waals surface area contributed by atoms with Crippen LogP contribution < -0.4 is 10.6 Å². The predicted molar refractivity (Wildman–Crippen MR) is 65.0 cm³/mol. The second-order valence-corrected chi connectivity index (χ2v) is 5.84. The molecule has 2 rings (SSSR count). The molecule has 0 radical (unpaired) electrons. The summed E-state index contributed by atoms with van der Waals surface area (Å²) in [5.74, 6) is 1.80. The Labute approximate surface area is 94.2 Å². The lowest BCUT2D eigenvalue weighted by atomic mass is 9.92. The molecule has 0 bridgehead atoms. The van der Waals surface area contributed by atoms with Crippen LogP contribution in [0.5, 0.6) is 0 Å². The Hall–Kier alpha value is -0.0800. The van der Waals surface area contributed by atoms with Crippen LogP contribution in [0.4, 0.5) is 0 Å². The van der Waals surface area contributed by atoms with Crippen LogP contribution in [0.1, 0.15) is 39.5 Å². The lowest BCUT2D eigenvalue weighted by Gasteiger charge is -2.20. The number of nitrogens with one attached hydrogen (secondary N) is 2. The van der Waals surface area contributed by atoms with Gasteiger partial charge >= 0.3 is 0 Å². The highest BCUT2D eigenvalue weighted by Crippen LogP contribution is 2.51. The molecule has 0 amide bonds. The molecule has 0 aromatic heterocycles. The first kappa shape index (κ1) is 11.4. The van der Waals surface area contributed by atoms with Gasteiger partial charge in [-0.1, -0.05) is 13.8 Å². The van der Waals surface area contributed by atoms with Crippen LogP contribution in [0.25, 0.3) is 0 Å². The number of rotatable bonds is 6. The summed E-state index contributed by atoms with van der Waals surface area (Å²) in [5.41, 5.74) is 0.675. The van der Waals surface area contributed by atoms with E-state index in [4.69, 9.17) is 0 Å². The molecule has 2 fully saturated rings. The zero-order valence-electron chi connectivity index (χ0n) is 10.3. The van der Waals surface area contributed by atoms with Gasteiger partial charge in [-0.05, 0) is 62.6 Å². The van der Waals surface area contributed by atoms with Crippen LogP contribution in [0.3, 0.4) is 0 Å². The standard InChI is InChI=1S/C13H26N2/c1-11(2)13(5-6-13)10-15-8-4-12-3-7-14-9-12/h11-12,14-15H,3-10H2,1-2H3. The van der Waals surface area contributed by atoms with Gasteiger partial charge in [-0.2, -0.15) is 0 Å². The van der Waals surface area contributed by atoms with Gasteiger partial charge in [-0.15, -0.1) is 0 Å². The highest BCUT2D eigenvalue weighted by Gasteiger charge is 2.44. The molecule has 2 heteroatoms. The molecule has 1 atom stereocenters. The quantitative estimate of drug-likeness (QED) is 0.655. The van der Waals surface area contributed by atoms with Crippen molar-refractivity contribution in [2.75, 3.05) is 26.2 Å². The monoisotopic (exact) mass is 210 g/mol. The van der Waals surface area contributed by atoms with Gasteiger partial charge in [-0.25, -0.2) is 0 Å². The van der Waals surface area contributed by atoms with Gasteiger partial charge in [-0.3, -0.25) is 0 Å². The molecular weight excluding hydrogens is 184 g/mol. The highest BCUT2D eigenvalue weighted by molar-refractivity contribution is 4.97. The topological polar surface area (TPSA) is 24.1 Å². The van der Waals surface area contributed by atoms with E-state index in [1.54, 1.807) is 0 Å². The molecule has 0 aromatic carbocycles. The smallest absolute Gasteiger partial charge is 0.00103 e. The Kier molecular flexibility index (Phi) is 3.68. The molecule has 15 heavy (non-hydrogen) atoms. The van der Waals surface area contributed by atoms with Crippen LogP contribution in [-0.2, 0) is 0 Å². The third kappa shape index (κ3) is 2.94. The number of hydrogen-bond donors (Lipinski definition) is 2. The summed E-state index contributed by atoms with van der Waals surface area (Å²) in [7, 11) is 0. The van der Waals surface area contributed by atoms with Crippen molar-refractivity contribution < 1.29 is 0 Å². The molecule has 2 aliphatic rings. The van der Waals surface area contributed by atoms with Gasteiger partial charge in [0, 0.05) is 6.54 Å². The number of hydrogen-bond acceptors (Lipinski definition) is 2. The minimum absolute atomic E-state index is 0.675. The van der Waals surface area contributed by atoms with E-state index in [0.717, 1.165) is 11.8 Å². The van der Waals surface area contributed by atoms with Crippen LogP contribution >= 0.6 is 0 Å². The van der Waals surface area contributed by atoms with Crippen molar-refractivity contribution in [2.45, 2.75) is 39.5 Å². The average Bonchev–Trinajstić information content (AvgIpc) is 2.83. The van der Waals surface area contributed by atoms with E-state index < -0.39 is 0 Å². The Bertz CT molecular complexity index is 191. The molecular formula is C13H26N2. The van der Waals surface area contributed by atoms with Gasteiger partial charge < -0.3 is 10.6 Å². The zero-order chi connectivity index (χ0) is 10.7. The minimum Gasteiger partial charge on any atom is -0.316 e. The van der Waals surface area contributed by atoms with E-state index in [1.165, 1.54) is 51.9 Å².